The van der Waals surface area contributed by atoms with Crippen molar-refractivity contribution in [1.82, 2.24) is 0 Å². The SMILES string of the molecule is O=C1O[C@@]2(c3ccc(F)cc3)[C@H](OC(=O)C23CCCCC3)C12CCCCC2. The van der Waals surface area contributed by atoms with Crippen molar-refractivity contribution in [1.29, 1.82) is 0 Å². The fourth-order valence-electron chi connectivity index (χ4n) is 6.28. The maximum Gasteiger partial charge on any atom is 0.317 e. The second kappa shape index (κ2) is 5.79. The van der Waals surface area contributed by atoms with Crippen molar-refractivity contribution in [2.75, 3.05) is 0 Å². The van der Waals surface area contributed by atoms with E-state index in [9.17, 15) is 14.0 Å². The molecule has 5 rings (SSSR count). The molecule has 144 valence electrons. The number of carbonyl (C=O) groups excluding carboxylic acids is 2. The maximum atomic E-state index is 13.6. The Hall–Kier alpha value is -1.91. The highest BCUT2D eigenvalue weighted by Crippen LogP contribution is 2.68. The molecule has 0 bridgehead atoms. The van der Waals surface area contributed by atoms with E-state index in [4.69, 9.17) is 9.47 Å². The number of rotatable bonds is 1. The van der Waals surface area contributed by atoms with Crippen LogP contribution in [0.25, 0.3) is 0 Å². The largest absolute Gasteiger partial charge is 0.456 e. The summed E-state index contributed by atoms with van der Waals surface area (Å²) in [5.74, 6) is -0.797. The highest BCUT2D eigenvalue weighted by molar-refractivity contribution is 5.90. The molecule has 4 aliphatic rings. The first-order valence-corrected chi connectivity index (χ1v) is 10.3. The fourth-order valence-corrected chi connectivity index (χ4v) is 6.28. The Bertz CT molecular complexity index is 772. The van der Waals surface area contributed by atoms with Crippen LogP contribution in [0.5, 0.6) is 0 Å². The van der Waals surface area contributed by atoms with E-state index in [2.05, 4.69) is 0 Å². The van der Waals surface area contributed by atoms with Crippen LogP contribution in [-0.4, -0.2) is 18.0 Å². The van der Waals surface area contributed by atoms with Crippen LogP contribution in [0, 0.1) is 16.6 Å². The minimum Gasteiger partial charge on any atom is -0.456 e. The Balaban J connectivity index is 1.72. The van der Waals surface area contributed by atoms with Crippen molar-refractivity contribution in [3.05, 3.63) is 35.6 Å². The molecule has 2 saturated heterocycles. The van der Waals surface area contributed by atoms with Gasteiger partial charge in [-0.1, -0.05) is 50.7 Å². The van der Waals surface area contributed by atoms with Gasteiger partial charge < -0.3 is 9.47 Å². The van der Waals surface area contributed by atoms with Crippen molar-refractivity contribution in [2.45, 2.75) is 75.9 Å². The zero-order valence-corrected chi connectivity index (χ0v) is 15.5. The molecule has 0 amide bonds. The lowest BCUT2D eigenvalue weighted by atomic mass is 9.57. The van der Waals surface area contributed by atoms with Gasteiger partial charge in [-0.15, -0.1) is 0 Å². The lowest BCUT2D eigenvalue weighted by molar-refractivity contribution is -0.173. The summed E-state index contributed by atoms with van der Waals surface area (Å²) >= 11 is 0. The fraction of sp³-hybridized carbons (Fsp3) is 0.636. The topological polar surface area (TPSA) is 52.6 Å². The molecule has 5 heteroatoms. The Kier molecular flexibility index (Phi) is 3.69. The standard InChI is InChI=1S/C22H25FO4/c23-16-9-7-15(8-10-16)22-17(20(18(24)27-22)11-3-1-4-12-20)26-19(25)21(22)13-5-2-6-14-21/h7-10,17H,1-6,11-14H2/t17-,22+/m1/s1. The molecule has 2 spiro atoms. The molecule has 2 atom stereocenters. The van der Waals surface area contributed by atoms with E-state index in [1.807, 2.05) is 0 Å². The van der Waals surface area contributed by atoms with Crippen molar-refractivity contribution in [2.24, 2.45) is 10.8 Å². The average Bonchev–Trinajstić information content (AvgIpc) is 3.06. The first-order chi connectivity index (χ1) is 13.1. The third kappa shape index (κ3) is 2.03. The predicted molar refractivity (Wildman–Crippen MR) is 95.1 cm³/mol. The van der Waals surface area contributed by atoms with Crippen LogP contribution in [0.2, 0.25) is 0 Å². The summed E-state index contributed by atoms with van der Waals surface area (Å²) in [6.07, 6.45) is 7.96. The van der Waals surface area contributed by atoms with Crippen molar-refractivity contribution in [3.8, 4) is 0 Å². The number of ether oxygens (including phenoxy) is 2. The Morgan fingerprint density at radius 3 is 2.04 bits per heavy atom. The molecule has 27 heavy (non-hydrogen) atoms. The van der Waals surface area contributed by atoms with Gasteiger partial charge in [-0.3, -0.25) is 9.59 Å². The van der Waals surface area contributed by atoms with Crippen LogP contribution in [0.15, 0.2) is 24.3 Å². The molecular weight excluding hydrogens is 347 g/mol. The Labute approximate surface area is 158 Å². The number of hydrogen-bond donors (Lipinski definition) is 0. The van der Waals surface area contributed by atoms with E-state index in [0.29, 0.717) is 31.2 Å². The zero-order chi connectivity index (χ0) is 18.7. The minimum absolute atomic E-state index is 0.228. The first-order valence-electron chi connectivity index (χ1n) is 10.3. The van der Waals surface area contributed by atoms with Crippen molar-refractivity contribution < 1.29 is 23.5 Å². The number of hydrogen-bond acceptors (Lipinski definition) is 4. The number of carbonyl (C=O) groups is 2. The van der Waals surface area contributed by atoms with Crippen LogP contribution < -0.4 is 0 Å². The lowest BCUT2D eigenvalue weighted by Crippen LogP contribution is -2.52. The van der Waals surface area contributed by atoms with Crippen LogP contribution in [0.1, 0.15) is 69.8 Å². The molecule has 2 saturated carbocycles. The van der Waals surface area contributed by atoms with Gasteiger partial charge in [0.1, 0.15) is 16.6 Å². The summed E-state index contributed by atoms with van der Waals surface area (Å²) < 4.78 is 25.9. The molecule has 1 aromatic carbocycles. The Morgan fingerprint density at radius 2 is 1.41 bits per heavy atom. The molecule has 4 nitrogen and oxygen atoms in total. The third-order valence-electron chi connectivity index (χ3n) is 7.58. The minimum atomic E-state index is -1.12. The van der Waals surface area contributed by atoms with Gasteiger partial charge in [0.2, 0.25) is 0 Å². The zero-order valence-electron chi connectivity index (χ0n) is 15.5. The van der Waals surface area contributed by atoms with E-state index in [0.717, 1.165) is 38.5 Å². The highest BCUT2D eigenvalue weighted by Gasteiger charge is 2.80. The number of esters is 2. The van der Waals surface area contributed by atoms with Gasteiger partial charge in [-0.2, -0.15) is 0 Å². The summed E-state index contributed by atoms with van der Waals surface area (Å²) in [6, 6.07) is 6.13. The lowest BCUT2D eigenvalue weighted by Gasteiger charge is -2.43. The summed E-state index contributed by atoms with van der Waals surface area (Å²) in [4.78, 5) is 26.5. The molecule has 2 heterocycles. The smallest absolute Gasteiger partial charge is 0.317 e. The van der Waals surface area contributed by atoms with Crippen LogP contribution in [-0.2, 0) is 24.7 Å². The molecule has 4 fully saturated rings. The second-order valence-corrected chi connectivity index (χ2v) is 8.78. The van der Waals surface area contributed by atoms with E-state index in [1.54, 1.807) is 12.1 Å². The molecule has 0 N–H and O–H groups in total. The van der Waals surface area contributed by atoms with Crippen LogP contribution in [0.4, 0.5) is 4.39 Å². The predicted octanol–water partition coefficient (Wildman–Crippen LogP) is 4.40. The molecular formula is C22H25FO4. The summed E-state index contributed by atoms with van der Waals surface area (Å²) in [5, 5.41) is 0. The van der Waals surface area contributed by atoms with E-state index in [-0.39, 0.29) is 17.8 Å². The van der Waals surface area contributed by atoms with Gasteiger partial charge in [0.25, 0.3) is 0 Å². The highest BCUT2D eigenvalue weighted by atomic mass is 19.1. The van der Waals surface area contributed by atoms with Gasteiger partial charge in [-0.05, 0) is 37.8 Å². The van der Waals surface area contributed by atoms with E-state index >= 15 is 0 Å². The van der Waals surface area contributed by atoms with Gasteiger partial charge >= 0.3 is 11.9 Å². The second-order valence-electron chi connectivity index (χ2n) is 8.78. The van der Waals surface area contributed by atoms with Gasteiger partial charge in [-0.25, -0.2) is 4.39 Å². The maximum absolute atomic E-state index is 13.6. The summed E-state index contributed by atoms with van der Waals surface area (Å²) in [7, 11) is 0. The average molecular weight is 372 g/mol. The van der Waals surface area contributed by atoms with Crippen LogP contribution >= 0.6 is 0 Å². The Morgan fingerprint density at radius 1 is 0.815 bits per heavy atom. The van der Waals surface area contributed by atoms with E-state index < -0.39 is 22.5 Å². The quantitative estimate of drug-likeness (QED) is 0.686. The molecule has 1 aromatic rings. The normalized spacial score (nSPS) is 33.7. The first kappa shape index (κ1) is 17.2. The van der Waals surface area contributed by atoms with Crippen LogP contribution in [0.3, 0.4) is 0 Å². The number of fused-ring (bicyclic) bond motifs is 3. The molecule has 0 aromatic heterocycles. The third-order valence-corrected chi connectivity index (χ3v) is 7.58. The summed E-state index contributed by atoms with van der Waals surface area (Å²) in [5.41, 5.74) is -2.00. The molecule has 0 radical (unpaired) electrons. The van der Waals surface area contributed by atoms with Gasteiger partial charge in [0.15, 0.2) is 11.7 Å². The molecule has 2 aliphatic heterocycles. The number of benzene rings is 1. The summed E-state index contributed by atoms with van der Waals surface area (Å²) in [6.45, 7) is 0. The monoisotopic (exact) mass is 372 g/mol. The van der Waals surface area contributed by atoms with Crippen molar-refractivity contribution in [3.63, 3.8) is 0 Å². The number of halogens is 1. The van der Waals surface area contributed by atoms with Gasteiger partial charge in [0, 0.05) is 5.56 Å². The molecule has 2 aliphatic carbocycles. The van der Waals surface area contributed by atoms with Crippen molar-refractivity contribution >= 4 is 11.9 Å². The van der Waals surface area contributed by atoms with Gasteiger partial charge in [0.05, 0.1) is 0 Å². The van der Waals surface area contributed by atoms with E-state index in [1.165, 1.54) is 12.1 Å². The molecule has 0 unspecified atom stereocenters.